The number of hydrogen-bond donors (Lipinski definition) is 1. The topological polar surface area (TPSA) is 53.9 Å². The SMILES string of the molecule is Fc1ccc(Nc2nc(Cl)nc(N3CCCC3)n2)cc1Cl. The highest BCUT2D eigenvalue weighted by Crippen LogP contribution is 2.23. The zero-order chi connectivity index (χ0) is 14.8. The Balaban J connectivity index is 1.85. The molecule has 5 nitrogen and oxygen atoms in total. The smallest absolute Gasteiger partial charge is 0.233 e. The van der Waals surface area contributed by atoms with Gasteiger partial charge in [-0.2, -0.15) is 15.0 Å². The van der Waals surface area contributed by atoms with Crippen molar-refractivity contribution < 1.29 is 4.39 Å². The van der Waals surface area contributed by atoms with Gasteiger partial charge in [0, 0.05) is 18.8 Å². The maximum absolute atomic E-state index is 13.1. The largest absolute Gasteiger partial charge is 0.341 e. The van der Waals surface area contributed by atoms with E-state index in [0.29, 0.717) is 17.6 Å². The van der Waals surface area contributed by atoms with Crippen LogP contribution in [-0.2, 0) is 0 Å². The lowest BCUT2D eigenvalue weighted by molar-refractivity contribution is 0.628. The Hall–Kier alpha value is -1.66. The fraction of sp³-hybridized carbons (Fsp3) is 0.308. The molecule has 0 bridgehead atoms. The average molecular weight is 328 g/mol. The van der Waals surface area contributed by atoms with Gasteiger partial charge in [-0.25, -0.2) is 4.39 Å². The van der Waals surface area contributed by atoms with Gasteiger partial charge in [-0.15, -0.1) is 0 Å². The Labute approximate surface area is 131 Å². The van der Waals surface area contributed by atoms with Crippen molar-refractivity contribution in [3.63, 3.8) is 0 Å². The van der Waals surface area contributed by atoms with Crippen molar-refractivity contribution in [3.8, 4) is 0 Å². The molecule has 0 amide bonds. The van der Waals surface area contributed by atoms with Crippen LogP contribution in [0.15, 0.2) is 18.2 Å². The summed E-state index contributed by atoms with van der Waals surface area (Å²) < 4.78 is 13.1. The van der Waals surface area contributed by atoms with Crippen LogP contribution < -0.4 is 10.2 Å². The van der Waals surface area contributed by atoms with Crippen LogP contribution in [0.1, 0.15) is 12.8 Å². The second kappa shape index (κ2) is 5.99. The second-order valence-corrected chi connectivity index (χ2v) is 5.42. The monoisotopic (exact) mass is 327 g/mol. The van der Waals surface area contributed by atoms with E-state index in [1.165, 1.54) is 12.1 Å². The standard InChI is InChI=1S/C13H12Cl2FN5/c14-9-7-8(3-4-10(9)16)17-12-18-11(15)19-13(20-12)21-5-1-2-6-21/h3-4,7H,1-2,5-6H2,(H,17,18,19,20). The lowest BCUT2D eigenvalue weighted by Gasteiger charge is -2.15. The van der Waals surface area contributed by atoms with Crippen LogP contribution in [0.3, 0.4) is 0 Å². The maximum Gasteiger partial charge on any atom is 0.233 e. The van der Waals surface area contributed by atoms with Crippen LogP contribution in [0.25, 0.3) is 0 Å². The van der Waals surface area contributed by atoms with Crippen LogP contribution in [0, 0.1) is 5.82 Å². The molecule has 3 rings (SSSR count). The van der Waals surface area contributed by atoms with Crippen molar-refractivity contribution >= 4 is 40.8 Å². The highest BCUT2D eigenvalue weighted by molar-refractivity contribution is 6.31. The number of nitrogens with zero attached hydrogens (tertiary/aromatic N) is 4. The number of halogens is 3. The third kappa shape index (κ3) is 3.33. The Bertz CT molecular complexity index is 661. The van der Waals surface area contributed by atoms with Crippen molar-refractivity contribution in [1.82, 2.24) is 15.0 Å². The lowest BCUT2D eigenvalue weighted by atomic mass is 10.3. The second-order valence-electron chi connectivity index (χ2n) is 4.68. The number of rotatable bonds is 3. The average Bonchev–Trinajstić information content (AvgIpc) is 2.96. The van der Waals surface area contributed by atoms with Gasteiger partial charge in [0.25, 0.3) is 0 Å². The molecule has 1 aliphatic heterocycles. The summed E-state index contributed by atoms with van der Waals surface area (Å²) >= 11 is 11.7. The van der Waals surface area contributed by atoms with Gasteiger partial charge in [-0.3, -0.25) is 0 Å². The summed E-state index contributed by atoms with van der Waals surface area (Å²) in [6.07, 6.45) is 2.22. The summed E-state index contributed by atoms with van der Waals surface area (Å²) in [7, 11) is 0. The van der Waals surface area contributed by atoms with E-state index >= 15 is 0 Å². The first kappa shape index (κ1) is 14.3. The summed E-state index contributed by atoms with van der Waals surface area (Å²) in [5.74, 6) is 0.372. The summed E-state index contributed by atoms with van der Waals surface area (Å²) in [5, 5.41) is 3.09. The quantitative estimate of drug-likeness (QED) is 0.932. The number of hydrogen-bond acceptors (Lipinski definition) is 5. The van der Waals surface area contributed by atoms with E-state index in [9.17, 15) is 4.39 Å². The predicted octanol–water partition coefficient (Wildman–Crippen LogP) is 3.66. The highest BCUT2D eigenvalue weighted by atomic mass is 35.5. The first-order valence-electron chi connectivity index (χ1n) is 6.50. The molecule has 1 aromatic heterocycles. The van der Waals surface area contributed by atoms with E-state index in [-0.39, 0.29) is 10.3 Å². The number of aromatic nitrogens is 3. The minimum absolute atomic E-state index is 0.0277. The molecular formula is C13H12Cl2FN5. The molecule has 1 N–H and O–H groups in total. The van der Waals surface area contributed by atoms with E-state index < -0.39 is 5.82 Å². The minimum Gasteiger partial charge on any atom is -0.341 e. The molecule has 2 heterocycles. The zero-order valence-electron chi connectivity index (χ0n) is 11.0. The Morgan fingerprint density at radius 3 is 2.57 bits per heavy atom. The van der Waals surface area contributed by atoms with Gasteiger partial charge in [0.2, 0.25) is 17.2 Å². The fourth-order valence-corrected chi connectivity index (χ4v) is 2.49. The Morgan fingerprint density at radius 2 is 1.86 bits per heavy atom. The normalized spacial score (nSPS) is 14.5. The van der Waals surface area contributed by atoms with Gasteiger partial charge in [-0.05, 0) is 42.6 Å². The molecule has 1 aliphatic rings. The molecule has 2 aromatic rings. The van der Waals surface area contributed by atoms with Gasteiger partial charge in [0.1, 0.15) is 5.82 Å². The van der Waals surface area contributed by atoms with Crippen molar-refractivity contribution in [2.75, 3.05) is 23.3 Å². The molecule has 8 heteroatoms. The van der Waals surface area contributed by atoms with Gasteiger partial charge in [0.15, 0.2) is 0 Å². The summed E-state index contributed by atoms with van der Waals surface area (Å²) in [4.78, 5) is 14.5. The molecule has 110 valence electrons. The number of anilines is 3. The van der Waals surface area contributed by atoms with Crippen LogP contribution in [0.5, 0.6) is 0 Å². The molecule has 0 unspecified atom stereocenters. The van der Waals surface area contributed by atoms with Crippen LogP contribution in [-0.4, -0.2) is 28.0 Å². The Kier molecular flexibility index (Phi) is 4.07. The third-order valence-corrected chi connectivity index (χ3v) is 3.62. The first-order chi connectivity index (χ1) is 10.1. The summed E-state index contributed by atoms with van der Waals surface area (Å²) in [6.45, 7) is 1.81. The highest BCUT2D eigenvalue weighted by Gasteiger charge is 2.17. The maximum atomic E-state index is 13.1. The van der Waals surface area contributed by atoms with Crippen LogP contribution in [0.2, 0.25) is 10.3 Å². The van der Waals surface area contributed by atoms with Gasteiger partial charge in [0.05, 0.1) is 5.02 Å². The van der Waals surface area contributed by atoms with E-state index in [4.69, 9.17) is 23.2 Å². The first-order valence-corrected chi connectivity index (χ1v) is 7.26. The lowest BCUT2D eigenvalue weighted by Crippen LogP contribution is -2.21. The zero-order valence-corrected chi connectivity index (χ0v) is 12.5. The molecule has 0 spiro atoms. The van der Waals surface area contributed by atoms with Gasteiger partial charge < -0.3 is 10.2 Å². The predicted molar refractivity (Wildman–Crippen MR) is 81.0 cm³/mol. The van der Waals surface area contributed by atoms with E-state index in [1.807, 2.05) is 0 Å². The van der Waals surface area contributed by atoms with Crippen molar-refractivity contribution in [2.24, 2.45) is 0 Å². The van der Waals surface area contributed by atoms with E-state index in [0.717, 1.165) is 25.9 Å². The molecule has 1 saturated heterocycles. The molecular weight excluding hydrogens is 316 g/mol. The summed E-state index contributed by atoms with van der Waals surface area (Å²) in [5.41, 5.74) is 0.580. The minimum atomic E-state index is -0.478. The molecule has 0 radical (unpaired) electrons. The van der Waals surface area contributed by atoms with Crippen LogP contribution in [0.4, 0.5) is 22.0 Å². The molecule has 0 atom stereocenters. The van der Waals surface area contributed by atoms with E-state index in [1.54, 1.807) is 6.07 Å². The fourth-order valence-electron chi connectivity index (χ4n) is 2.16. The molecule has 0 aliphatic carbocycles. The third-order valence-electron chi connectivity index (χ3n) is 3.16. The Morgan fingerprint density at radius 1 is 1.10 bits per heavy atom. The summed E-state index contributed by atoms with van der Waals surface area (Å²) in [6, 6.07) is 4.29. The van der Waals surface area contributed by atoms with Crippen molar-refractivity contribution in [2.45, 2.75) is 12.8 Å². The molecule has 1 fully saturated rings. The van der Waals surface area contributed by atoms with Crippen molar-refractivity contribution in [3.05, 3.63) is 34.3 Å². The van der Waals surface area contributed by atoms with Crippen LogP contribution >= 0.6 is 23.2 Å². The number of nitrogens with one attached hydrogen (secondary N) is 1. The van der Waals surface area contributed by atoms with E-state index in [2.05, 4.69) is 25.2 Å². The van der Waals surface area contributed by atoms with Gasteiger partial charge in [-0.1, -0.05) is 11.6 Å². The number of benzene rings is 1. The molecule has 21 heavy (non-hydrogen) atoms. The molecule has 1 aromatic carbocycles. The molecule has 0 saturated carbocycles. The van der Waals surface area contributed by atoms with Crippen molar-refractivity contribution in [1.29, 1.82) is 0 Å². The van der Waals surface area contributed by atoms with Gasteiger partial charge >= 0.3 is 0 Å².